The Labute approximate surface area is 785 Å². The van der Waals surface area contributed by atoms with Crippen molar-refractivity contribution in [3.8, 4) is 29.5 Å². The van der Waals surface area contributed by atoms with Crippen LogP contribution in [0.4, 0.5) is 43.9 Å². The maximum absolute atomic E-state index is 14.0. The molecule has 35 nitrogen and oxygen atoms in total. The van der Waals surface area contributed by atoms with E-state index in [0.717, 1.165) is 58.4 Å². The average Bonchev–Trinajstić information content (AvgIpc) is 1.66. The van der Waals surface area contributed by atoms with E-state index in [0.29, 0.717) is 133 Å². The second kappa shape index (κ2) is 39.7. The molecule has 20 rings (SSSR count). The third-order valence-corrected chi connectivity index (χ3v) is 24.2. The lowest BCUT2D eigenvalue weighted by molar-refractivity contribution is -0.138. The van der Waals surface area contributed by atoms with Gasteiger partial charge in [-0.15, -0.1) is 25.5 Å². The van der Waals surface area contributed by atoms with Crippen molar-refractivity contribution in [3.05, 3.63) is 323 Å². The van der Waals surface area contributed by atoms with Crippen LogP contribution >= 0.6 is 34.8 Å². The molecule has 10 aromatic heterocycles. The van der Waals surface area contributed by atoms with E-state index in [-0.39, 0.29) is 69.0 Å². The van der Waals surface area contributed by atoms with Crippen molar-refractivity contribution < 1.29 is 67.9 Å². The van der Waals surface area contributed by atoms with Gasteiger partial charge in [-0.3, -0.25) is 33.9 Å². The second-order valence-electron chi connectivity index (χ2n) is 31.5. The first-order valence-electron chi connectivity index (χ1n) is 42.1. The molecule has 0 radical (unpaired) electrons. The van der Waals surface area contributed by atoms with Crippen LogP contribution in [0.15, 0.2) is 184 Å². The van der Waals surface area contributed by atoms with E-state index in [2.05, 4.69) is 101 Å². The summed E-state index contributed by atoms with van der Waals surface area (Å²) < 4.78 is 141. The van der Waals surface area contributed by atoms with E-state index in [9.17, 15) is 67.9 Å². The van der Waals surface area contributed by atoms with Gasteiger partial charge in [0.1, 0.15) is 34.3 Å². The van der Waals surface area contributed by atoms with E-state index in [1.807, 2.05) is 6.92 Å². The minimum Gasteiger partial charge on any atom is -0.332 e. The number of carbonyl (C=O) groups is 5. The summed E-state index contributed by atoms with van der Waals surface area (Å²) in [5.41, 5.74) is 5.22. The van der Waals surface area contributed by atoms with Gasteiger partial charge < -0.3 is 24.5 Å². The van der Waals surface area contributed by atoms with E-state index >= 15 is 0 Å². The number of rotatable bonds is 10. The van der Waals surface area contributed by atoms with Gasteiger partial charge in [0.25, 0.3) is 47.4 Å². The number of fused-ring (bicyclic) bond motifs is 5. The van der Waals surface area contributed by atoms with Crippen molar-refractivity contribution in [1.29, 1.82) is 0 Å². The summed E-state index contributed by atoms with van der Waals surface area (Å²) in [7, 11) is 0. The molecule has 5 aliphatic rings. The number of halogens is 13. The van der Waals surface area contributed by atoms with Crippen molar-refractivity contribution >= 4 is 64.3 Å². The van der Waals surface area contributed by atoms with Crippen molar-refractivity contribution in [3.63, 3.8) is 0 Å². The maximum atomic E-state index is 14.0. The highest BCUT2D eigenvalue weighted by Crippen LogP contribution is 2.41. The van der Waals surface area contributed by atoms with Gasteiger partial charge in [0.15, 0.2) is 11.6 Å². The molecule has 0 bridgehead atoms. The van der Waals surface area contributed by atoms with Crippen molar-refractivity contribution in [2.24, 2.45) is 0 Å². The highest BCUT2D eigenvalue weighted by molar-refractivity contribution is 6.36. The summed E-state index contributed by atoms with van der Waals surface area (Å²) in [5.74, 6) is -0.256. The number of alkyl halides is 9. The number of amides is 5. The van der Waals surface area contributed by atoms with E-state index < -0.39 is 76.7 Å². The number of aromatic nitrogens is 25. The van der Waals surface area contributed by atoms with Crippen LogP contribution in [0, 0.1) is 26.6 Å². The predicted octanol–water partition coefficient (Wildman–Crippen LogP) is 14.0. The predicted molar refractivity (Wildman–Crippen MR) is 468 cm³/mol. The summed E-state index contributed by atoms with van der Waals surface area (Å²) in [6.07, 6.45) is 8.04. The fourth-order valence-electron chi connectivity index (χ4n) is 16.4. The van der Waals surface area contributed by atoms with Gasteiger partial charge >= 0.3 is 18.5 Å². The molecular weight excluding hydrogens is 1870 g/mol. The Morgan fingerprint density at radius 2 is 0.664 bits per heavy atom. The molecule has 0 N–H and O–H groups in total. The van der Waals surface area contributed by atoms with Crippen molar-refractivity contribution in [2.75, 3.05) is 32.7 Å². The van der Waals surface area contributed by atoms with Crippen LogP contribution in [0.25, 0.3) is 29.5 Å². The first-order chi connectivity index (χ1) is 65.6. The van der Waals surface area contributed by atoms with Crippen molar-refractivity contribution in [2.45, 2.75) is 123 Å². The quantitative estimate of drug-likeness (QED) is 0.115. The molecule has 15 heterocycles. The summed E-state index contributed by atoms with van der Waals surface area (Å²) >= 11 is 17.9. The highest BCUT2D eigenvalue weighted by atomic mass is 35.5. The molecule has 15 aromatic rings. The topological polar surface area (TPSA) is 384 Å². The molecule has 0 fully saturated rings. The lowest BCUT2D eigenvalue weighted by Gasteiger charge is -2.33. The Kier molecular flexibility index (Phi) is 27.5. The Bertz CT molecular complexity index is 6830. The fraction of sp³-hybridized carbons (Fsp3) is 0.270. The van der Waals surface area contributed by atoms with Gasteiger partial charge in [-0.1, -0.05) is 79.1 Å². The minimum atomic E-state index is -4.51. The molecule has 0 aliphatic carbocycles. The molecule has 5 amide bonds. The zero-order valence-corrected chi connectivity index (χ0v) is 75.2. The van der Waals surface area contributed by atoms with Gasteiger partial charge in [-0.2, -0.15) is 62.9 Å². The Hall–Kier alpha value is -15.3. The van der Waals surface area contributed by atoms with Gasteiger partial charge in [0.05, 0.1) is 105 Å². The van der Waals surface area contributed by atoms with Crippen LogP contribution in [-0.4, -0.2) is 212 Å². The summed E-state index contributed by atoms with van der Waals surface area (Å²) in [4.78, 5) is 114. The standard InChI is InChI=1S/2C19H17F3N6O.C18H15F3N6O.C17H14Cl2N6O.C16H12ClFN6O/c1-11-13(5-3-6-14(11)19(20,21)22)17(29)27-10-7-15-16(12(27)2)25-26-28(15)18-23-8-4-9-24-18;1-11-13(4-3-5-14(11)19(20,21)22)18(29)27-9-6-15-17(12(27)2)25-26-28(15)16-10-23-7-8-24-16;1-11-12(4-2-5-13(11)18(19,20)21)16(28)26-9-6-15-14(10-26)24-25-27(15)17-22-7-3-8-23-17;1-10-16-14(25(23-22-16)15-9-20-5-6-21-15)4-7-24(10)17(26)12-3-2-11(18)8-13(12)19;17-10-2-3-11(12(18)8-10)15(25)23-7-4-14-13(9-23)21-22-24(14)16-19-5-1-6-20-16/h3-6,8-9,12H,7,10H2,1-2H3;3-5,7-8,10,12H,6,9H2,1-2H3;2-5,7-8H,6,9-10H2,1H3;2-3,5-6,8-10H,4,7H2,1H3;1-3,5-6,8H,4,7,9H2. The molecule has 48 heteroatoms. The van der Waals surface area contributed by atoms with Crippen LogP contribution in [0.1, 0.15) is 181 Å². The first kappa shape index (κ1) is 94.9. The summed E-state index contributed by atoms with van der Waals surface area (Å²) in [6, 6.07) is 23.8. The Balaban J connectivity index is 0.000000124. The second-order valence-corrected chi connectivity index (χ2v) is 32.7. The van der Waals surface area contributed by atoms with E-state index in [1.54, 1.807) is 148 Å². The monoisotopic (exact) mass is 1940 g/mol. The largest absolute Gasteiger partial charge is 0.416 e. The van der Waals surface area contributed by atoms with Crippen LogP contribution in [0.3, 0.4) is 0 Å². The fourth-order valence-corrected chi connectivity index (χ4v) is 17.1. The van der Waals surface area contributed by atoms with Gasteiger partial charge in [-0.05, 0) is 149 Å². The van der Waals surface area contributed by atoms with Crippen LogP contribution in [-0.2, 0) is 63.7 Å². The number of carbonyl (C=O) groups excluding carboxylic acids is 5. The van der Waals surface area contributed by atoms with Gasteiger partial charge in [0.2, 0.25) is 0 Å². The van der Waals surface area contributed by atoms with Crippen LogP contribution in [0.5, 0.6) is 0 Å². The summed E-state index contributed by atoms with van der Waals surface area (Å²) in [6.45, 7) is 11.8. The number of hydrogen-bond donors (Lipinski definition) is 0. The lowest BCUT2D eigenvalue weighted by atomic mass is 9.98. The molecule has 3 atom stereocenters. The lowest BCUT2D eigenvalue weighted by Crippen LogP contribution is -2.39. The number of nitrogens with zero attached hydrogens (tertiary/aromatic N) is 30. The van der Waals surface area contributed by atoms with Crippen molar-refractivity contribution in [1.82, 2.24) is 149 Å². The Morgan fingerprint density at radius 3 is 1.02 bits per heavy atom. The molecule has 702 valence electrons. The van der Waals surface area contributed by atoms with Crippen LogP contribution in [0.2, 0.25) is 15.1 Å². The molecule has 0 spiro atoms. The SMILES string of the molecule is CC1c2nnn(-c3cnccn3)c2CCN1C(=O)c1ccc(Cl)cc1Cl.Cc1c(C(=O)N2CCc3c(nnn3-c3cnccn3)C2C)cccc1C(F)(F)F.Cc1c(C(=O)N2CCc3c(nnn3-c3ncccn3)C2)cccc1C(F)(F)F.Cc1c(C(=O)N2CCc3c(nnn3-c3ncccn3)C2C)cccc1C(F)(F)F.O=C(c1ccc(Cl)cc1F)N1CCc2c(nnn2-c2ncccn2)C1. The molecular formula is C89H75Cl3F10N30O5. The Morgan fingerprint density at radius 1 is 0.343 bits per heavy atom. The molecule has 137 heavy (non-hydrogen) atoms. The molecule has 0 saturated heterocycles. The van der Waals surface area contributed by atoms with Gasteiger partial charge in [-0.25, -0.2) is 44.3 Å². The number of benzene rings is 5. The third-order valence-electron chi connectivity index (χ3n) is 23.4. The average molecular weight is 1940 g/mol. The summed E-state index contributed by atoms with van der Waals surface area (Å²) in [5, 5.41) is 42.5. The normalized spacial score (nSPS) is 15.5. The van der Waals surface area contributed by atoms with E-state index in [1.165, 1.54) is 93.4 Å². The zero-order chi connectivity index (χ0) is 97.1. The first-order valence-corrected chi connectivity index (χ1v) is 43.2. The molecule has 5 aromatic carbocycles. The highest BCUT2D eigenvalue weighted by Gasteiger charge is 2.42. The minimum absolute atomic E-state index is 0.00775. The third kappa shape index (κ3) is 19.9. The number of hydrogen-bond acceptors (Lipinski definition) is 25. The smallest absolute Gasteiger partial charge is 0.332 e. The van der Waals surface area contributed by atoms with E-state index in [4.69, 9.17) is 34.8 Å². The zero-order valence-electron chi connectivity index (χ0n) is 72.9. The van der Waals surface area contributed by atoms with Crippen LogP contribution < -0.4 is 0 Å². The maximum Gasteiger partial charge on any atom is 0.416 e. The molecule has 0 saturated carbocycles. The molecule has 5 aliphatic heterocycles. The molecule has 3 unspecified atom stereocenters. The van der Waals surface area contributed by atoms with Gasteiger partial charge in [0, 0.05) is 154 Å².